The second-order valence-electron chi connectivity index (χ2n) is 6.67. The number of anilines is 2. The molecule has 30 heavy (non-hydrogen) atoms. The van der Waals surface area contributed by atoms with Crippen molar-refractivity contribution in [2.45, 2.75) is 13.3 Å². The van der Waals surface area contributed by atoms with E-state index in [0.717, 1.165) is 40.0 Å². The van der Waals surface area contributed by atoms with Gasteiger partial charge in [-0.2, -0.15) is 0 Å². The first-order valence-corrected chi connectivity index (χ1v) is 9.59. The number of benzene rings is 2. The van der Waals surface area contributed by atoms with E-state index < -0.39 is 0 Å². The van der Waals surface area contributed by atoms with Crippen LogP contribution in [0.3, 0.4) is 0 Å². The Kier molecular flexibility index (Phi) is 5.27. The molecule has 1 aliphatic rings. The Bertz CT molecular complexity index is 1100. The fourth-order valence-electron chi connectivity index (χ4n) is 3.64. The summed E-state index contributed by atoms with van der Waals surface area (Å²) in [6, 6.07) is 7.57. The van der Waals surface area contributed by atoms with Crippen LogP contribution < -0.4 is 29.0 Å². The minimum atomic E-state index is 0.205. The van der Waals surface area contributed by atoms with Crippen molar-refractivity contribution >= 4 is 28.4 Å². The van der Waals surface area contributed by atoms with Crippen LogP contribution in [0.15, 0.2) is 30.8 Å². The summed E-state index contributed by atoms with van der Waals surface area (Å²) in [6.07, 6.45) is 2.58. The number of methoxy groups -OCH3 is 3. The summed E-state index contributed by atoms with van der Waals surface area (Å²) < 4.78 is 27.5. The average molecular weight is 408 g/mol. The van der Waals surface area contributed by atoms with Gasteiger partial charge in [-0.1, -0.05) is 19.6 Å². The summed E-state index contributed by atoms with van der Waals surface area (Å²) in [5.74, 6) is 3.04. The number of hydrogen-bond acceptors (Lipinski definition) is 7. The lowest BCUT2D eigenvalue weighted by atomic mass is 10.0. The van der Waals surface area contributed by atoms with Crippen molar-refractivity contribution < 1.29 is 23.7 Å². The van der Waals surface area contributed by atoms with Crippen LogP contribution in [0.5, 0.6) is 28.7 Å². The van der Waals surface area contributed by atoms with Crippen molar-refractivity contribution in [3.63, 3.8) is 0 Å². The third kappa shape index (κ3) is 3.22. The zero-order valence-electron chi connectivity index (χ0n) is 17.5. The molecule has 3 aromatic rings. The van der Waals surface area contributed by atoms with E-state index in [4.69, 9.17) is 28.7 Å². The van der Waals surface area contributed by atoms with Crippen molar-refractivity contribution in [2.75, 3.05) is 33.4 Å². The molecule has 7 heteroatoms. The van der Waals surface area contributed by atoms with Gasteiger partial charge in [-0.25, -0.2) is 0 Å². The van der Waals surface area contributed by atoms with E-state index in [-0.39, 0.29) is 6.79 Å². The number of rotatable bonds is 7. The molecule has 0 fully saturated rings. The van der Waals surface area contributed by atoms with E-state index in [1.165, 1.54) is 0 Å². The van der Waals surface area contributed by atoms with Crippen LogP contribution in [-0.4, -0.2) is 33.1 Å². The largest absolute Gasteiger partial charge is 0.493 e. The minimum absolute atomic E-state index is 0.205. The summed E-state index contributed by atoms with van der Waals surface area (Å²) in [4.78, 5) is 4.82. The molecule has 0 amide bonds. The molecule has 0 bridgehead atoms. The first kappa shape index (κ1) is 19.7. The lowest BCUT2D eigenvalue weighted by Gasteiger charge is -2.19. The number of aromatic nitrogens is 1. The van der Waals surface area contributed by atoms with Gasteiger partial charge in [-0.3, -0.25) is 4.98 Å². The second kappa shape index (κ2) is 8.02. The first-order chi connectivity index (χ1) is 14.6. The highest BCUT2D eigenvalue weighted by Crippen LogP contribution is 2.44. The van der Waals surface area contributed by atoms with Gasteiger partial charge in [0.15, 0.2) is 23.0 Å². The molecular formula is C23H24N2O5. The number of hydrogen-bond donors (Lipinski definition) is 1. The number of fused-ring (bicyclic) bond motifs is 2. The summed E-state index contributed by atoms with van der Waals surface area (Å²) in [5.41, 5.74) is 4.33. The molecule has 1 aromatic heterocycles. The quantitative estimate of drug-likeness (QED) is 0.594. The van der Waals surface area contributed by atoms with E-state index in [1.807, 2.05) is 30.3 Å². The molecule has 1 aliphatic heterocycles. The van der Waals surface area contributed by atoms with Gasteiger partial charge >= 0.3 is 0 Å². The Morgan fingerprint density at radius 2 is 1.70 bits per heavy atom. The molecule has 4 rings (SSSR count). The van der Waals surface area contributed by atoms with Crippen molar-refractivity contribution in [3.05, 3.63) is 42.1 Å². The standard InChI is InChI=1S/C23H24N2O5/c1-6-14-16(7-2)25-17-11-19-18(29-12-30-19)10-15(17)22(14)24-13-8-20(26-3)23(28-5)21(9-13)27-4/h6,8-11H,1,7,12H2,2-5H3,(H,24,25). The summed E-state index contributed by atoms with van der Waals surface area (Å²) >= 11 is 0. The number of nitrogens with zero attached hydrogens (tertiary/aromatic N) is 1. The van der Waals surface area contributed by atoms with Gasteiger partial charge in [0, 0.05) is 34.8 Å². The van der Waals surface area contributed by atoms with E-state index in [9.17, 15) is 0 Å². The monoisotopic (exact) mass is 408 g/mol. The molecule has 156 valence electrons. The maximum Gasteiger partial charge on any atom is 0.231 e. The Morgan fingerprint density at radius 3 is 2.27 bits per heavy atom. The molecule has 0 radical (unpaired) electrons. The molecule has 0 spiro atoms. The first-order valence-electron chi connectivity index (χ1n) is 9.59. The zero-order chi connectivity index (χ0) is 21.3. The average Bonchev–Trinajstić information content (AvgIpc) is 3.23. The molecular weight excluding hydrogens is 384 g/mol. The van der Waals surface area contributed by atoms with Crippen molar-refractivity contribution in [2.24, 2.45) is 0 Å². The smallest absolute Gasteiger partial charge is 0.231 e. The molecule has 2 heterocycles. The normalized spacial score (nSPS) is 12.0. The second-order valence-corrected chi connectivity index (χ2v) is 6.67. The van der Waals surface area contributed by atoms with E-state index in [0.29, 0.717) is 28.7 Å². The predicted molar refractivity (Wildman–Crippen MR) is 117 cm³/mol. The van der Waals surface area contributed by atoms with Crippen LogP contribution in [-0.2, 0) is 6.42 Å². The molecule has 0 saturated heterocycles. The van der Waals surface area contributed by atoms with Gasteiger partial charge < -0.3 is 29.0 Å². The topological polar surface area (TPSA) is 71.1 Å². The van der Waals surface area contributed by atoms with E-state index in [2.05, 4.69) is 18.8 Å². The van der Waals surface area contributed by atoms with Crippen molar-refractivity contribution in [1.29, 1.82) is 0 Å². The van der Waals surface area contributed by atoms with Crippen LogP contribution in [0.25, 0.3) is 17.0 Å². The number of nitrogens with one attached hydrogen (secondary N) is 1. The number of pyridine rings is 1. The molecule has 1 N–H and O–H groups in total. The van der Waals surface area contributed by atoms with Gasteiger partial charge in [0.1, 0.15) is 0 Å². The molecule has 0 unspecified atom stereocenters. The lowest BCUT2D eigenvalue weighted by molar-refractivity contribution is 0.174. The van der Waals surface area contributed by atoms with E-state index >= 15 is 0 Å². The highest BCUT2D eigenvalue weighted by molar-refractivity contribution is 6.00. The minimum Gasteiger partial charge on any atom is -0.493 e. The highest BCUT2D eigenvalue weighted by Gasteiger charge is 2.20. The van der Waals surface area contributed by atoms with Gasteiger partial charge in [-0.15, -0.1) is 0 Å². The third-order valence-corrected chi connectivity index (χ3v) is 5.07. The van der Waals surface area contributed by atoms with Crippen LogP contribution in [0.2, 0.25) is 0 Å². The van der Waals surface area contributed by atoms with Crippen LogP contribution in [0.1, 0.15) is 18.2 Å². The Morgan fingerprint density at radius 1 is 1.03 bits per heavy atom. The molecule has 7 nitrogen and oxygen atoms in total. The Balaban J connectivity index is 1.93. The number of ether oxygens (including phenoxy) is 5. The van der Waals surface area contributed by atoms with Crippen LogP contribution >= 0.6 is 0 Å². The van der Waals surface area contributed by atoms with Gasteiger partial charge in [-0.05, 0) is 12.5 Å². The van der Waals surface area contributed by atoms with E-state index in [1.54, 1.807) is 21.3 Å². The fraction of sp³-hybridized carbons (Fsp3) is 0.261. The van der Waals surface area contributed by atoms with Gasteiger partial charge in [0.05, 0.1) is 38.2 Å². The maximum atomic E-state index is 5.59. The summed E-state index contributed by atoms with van der Waals surface area (Å²) in [7, 11) is 4.76. The van der Waals surface area contributed by atoms with Gasteiger partial charge in [0.2, 0.25) is 12.5 Å². The van der Waals surface area contributed by atoms with Crippen LogP contribution in [0, 0.1) is 0 Å². The Labute approximate surface area is 175 Å². The predicted octanol–water partition coefficient (Wildman–Crippen LogP) is 4.94. The summed E-state index contributed by atoms with van der Waals surface area (Å²) in [5, 5.41) is 4.41. The Hall–Kier alpha value is -3.61. The molecule has 0 saturated carbocycles. The lowest BCUT2D eigenvalue weighted by Crippen LogP contribution is -2.03. The van der Waals surface area contributed by atoms with Gasteiger partial charge in [0.25, 0.3) is 0 Å². The fourth-order valence-corrected chi connectivity index (χ4v) is 3.64. The van der Waals surface area contributed by atoms with Crippen molar-refractivity contribution in [3.8, 4) is 28.7 Å². The molecule has 0 atom stereocenters. The third-order valence-electron chi connectivity index (χ3n) is 5.07. The summed E-state index contributed by atoms with van der Waals surface area (Å²) in [6.45, 7) is 6.28. The zero-order valence-corrected chi connectivity index (χ0v) is 17.5. The number of aryl methyl sites for hydroxylation is 1. The highest BCUT2D eigenvalue weighted by atomic mass is 16.7. The SMILES string of the molecule is C=Cc1c(CC)nc2cc3c(cc2c1Nc1cc(OC)c(OC)c(OC)c1)OCO3. The van der Waals surface area contributed by atoms with Crippen LogP contribution in [0.4, 0.5) is 11.4 Å². The maximum absolute atomic E-state index is 5.59. The molecule has 2 aromatic carbocycles. The molecule has 0 aliphatic carbocycles. The van der Waals surface area contributed by atoms with Crippen molar-refractivity contribution in [1.82, 2.24) is 4.98 Å².